The Kier molecular flexibility index (Phi) is 8.67. The van der Waals surface area contributed by atoms with E-state index < -0.39 is 6.08 Å². The highest BCUT2D eigenvalue weighted by Gasteiger charge is 2.18. The van der Waals surface area contributed by atoms with E-state index in [1.54, 1.807) is 0 Å². The summed E-state index contributed by atoms with van der Waals surface area (Å²) >= 11 is 7.62. The largest absolute Gasteiger partial charge is 0.382 e. The second kappa shape index (κ2) is 10.8. The molecule has 3 rings (SSSR count). The monoisotopic (exact) mass is 438 g/mol. The second-order valence-corrected chi connectivity index (χ2v) is 8.10. The normalized spacial score (nSPS) is 11.0. The Morgan fingerprint density at radius 3 is 2.59 bits per heavy atom. The van der Waals surface area contributed by atoms with E-state index in [1.165, 1.54) is 11.8 Å². The molecule has 2 aromatic heterocycles. The first-order valence-corrected chi connectivity index (χ1v) is 10.9. The van der Waals surface area contributed by atoms with Gasteiger partial charge in [0.2, 0.25) is 0 Å². The second-order valence-electron chi connectivity index (χ2n) is 6.62. The summed E-state index contributed by atoms with van der Waals surface area (Å²) in [7, 11) is 0. The molecule has 0 radical (unpaired) electrons. The van der Waals surface area contributed by atoms with Crippen molar-refractivity contribution >= 4 is 40.3 Å². The number of imidazole rings is 1. The van der Waals surface area contributed by atoms with Crippen LogP contribution >= 0.6 is 23.4 Å². The van der Waals surface area contributed by atoms with Crippen LogP contribution in [0.4, 0.5) is 10.2 Å². The summed E-state index contributed by atoms with van der Waals surface area (Å²) in [5.74, 6) is 0.0423. The Morgan fingerprint density at radius 2 is 1.93 bits per heavy atom. The third-order valence-electron chi connectivity index (χ3n) is 3.90. The number of aromatic nitrogens is 4. The number of nitrogen functional groups attached to an aromatic ring is 1. The topological polar surface area (TPSA) is 81.7 Å². The third-order valence-corrected chi connectivity index (χ3v) is 5.08. The van der Waals surface area contributed by atoms with Crippen molar-refractivity contribution < 1.29 is 4.39 Å². The number of benzene rings is 1. The molecule has 0 aliphatic rings. The molecule has 0 unspecified atom stereocenters. The molecular formula is C20H28ClFN6S. The lowest BCUT2D eigenvalue weighted by Crippen LogP contribution is -2.24. The Hall–Kier alpha value is -1.90. The number of nitrogens with one attached hydrogen (secondary N) is 1. The first-order valence-electron chi connectivity index (χ1n) is 9.71. The maximum absolute atomic E-state index is 13.7. The first-order chi connectivity index (χ1) is 13.8. The molecule has 0 saturated heterocycles. The third kappa shape index (κ3) is 6.29. The van der Waals surface area contributed by atoms with Crippen molar-refractivity contribution in [2.45, 2.75) is 63.7 Å². The standard InChI is InChI=1S/C18H22ClFN6S.C2H6/c1-10(2)22-5-4-6-26-16-14(15(21)24-17(20)25-16)23-18(26)27-13-8-11(3)7-12(19)9-13;1-2/h7-10,22H,4-6H2,1-3H3,(H2,21,24,25);1-2H3. The first kappa shape index (κ1) is 23.4. The summed E-state index contributed by atoms with van der Waals surface area (Å²) < 4.78 is 15.6. The van der Waals surface area contributed by atoms with E-state index in [0.29, 0.717) is 33.9 Å². The van der Waals surface area contributed by atoms with E-state index in [-0.39, 0.29) is 5.82 Å². The summed E-state index contributed by atoms with van der Waals surface area (Å²) in [5.41, 5.74) is 7.74. The van der Waals surface area contributed by atoms with E-state index in [0.717, 1.165) is 23.4 Å². The minimum Gasteiger partial charge on any atom is -0.382 e. The van der Waals surface area contributed by atoms with Crippen molar-refractivity contribution in [3.63, 3.8) is 0 Å². The highest BCUT2D eigenvalue weighted by atomic mass is 35.5. The lowest BCUT2D eigenvalue weighted by molar-refractivity contribution is 0.518. The van der Waals surface area contributed by atoms with Gasteiger partial charge in [0.05, 0.1) is 0 Å². The molecule has 0 spiro atoms. The fourth-order valence-electron chi connectivity index (χ4n) is 2.75. The number of rotatable bonds is 7. The molecule has 0 atom stereocenters. The molecule has 0 bridgehead atoms. The fraction of sp³-hybridized carbons (Fsp3) is 0.450. The van der Waals surface area contributed by atoms with E-state index in [4.69, 9.17) is 17.3 Å². The zero-order valence-electron chi connectivity index (χ0n) is 17.5. The molecule has 0 saturated carbocycles. The van der Waals surface area contributed by atoms with Crippen LogP contribution < -0.4 is 11.1 Å². The number of halogens is 2. The summed E-state index contributed by atoms with van der Waals surface area (Å²) in [6, 6.07) is 6.20. The average molecular weight is 439 g/mol. The molecule has 0 aliphatic carbocycles. The number of aryl methyl sites for hydroxylation is 2. The number of hydrogen-bond donors (Lipinski definition) is 2. The average Bonchev–Trinajstić information content (AvgIpc) is 2.97. The van der Waals surface area contributed by atoms with E-state index in [9.17, 15) is 4.39 Å². The lowest BCUT2D eigenvalue weighted by Gasteiger charge is -2.11. The van der Waals surface area contributed by atoms with Gasteiger partial charge in [-0.3, -0.25) is 0 Å². The summed E-state index contributed by atoms with van der Waals surface area (Å²) in [6.07, 6.45) is -0.00582. The fourth-order valence-corrected chi connectivity index (χ4v) is 4.17. The van der Waals surface area contributed by atoms with Crippen LogP contribution in [0.1, 0.15) is 39.7 Å². The van der Waals surface area contributed by atoms with Gasteiger partial charge in [0.25, 0.3) is 0 Å². The quantitative estimate of drug-likeness (QED) is 0.395. The molecular weight excluding hydrogens is 411 g/mol. The van der Waals surface area contributed by atoms with Crippen LogP contribution in [0.25, 0.3) is 11.2 Å². The van der Waals surface area contributed by atoms with Gasteiger partial charge in [0.15, 0.2) is 22.1 Å². The van der Waals surface area contributed by atoms with Gasteiger partial charge in [-0.2, -0.15) is 14.4 Å². The van der Waals surface area contributed by atoms with E-state index >= 15 is 0 Å². The van der Waals surface area contributed by atoms with Crippen LogP contribution in [-0.4, -0.2) is 32.1 Å². The van der Waals surface area contributed by atoms with Crippen molar-refractivity contribution in [1.82, 2.24) is 24.8 Å². The minimum atomic E-state index is -0.850. The molecule has 2 heterocycles. The van der Waals surface area contributed by atoms with Crippen LogP contribution in [0.15, 0.2) is 28.3 Å². The SMILES string of the molecule is CC.Cc1cc(Cl)cc(Sc2nc3c(N)nc(F)nc3n2CCCNC(C)C)c1. The van der Waals surface area contributed by atoms with Crippen LogP contribution in [0.2, 0.25) is 5.02 Å². The maximum Gasteiger partial charge on any atom is 0.312 e. The van der Waals surface area contributed by atoms with Gasteiger partial charge in [-0.05, 0) is 43.7 Å². The summed E-state index contributed by atoms with van der Waals surface area (Å²) in [5, 5.41) is 4.72. The molecule has 0 aliphatic heterocycles. The molecule has 9 heteroatoms. The molecule has 6 nitrogen and oxygen atoms in total. The van der Waals surface area contributed by atoms with Crippen molar-refractivity contribution in [3.05, 3.63) is 34.9 Å². The molecule has 0 fully saturated rings. The Balaban J connectivity index is 0.00000145. The van der Waals surface area contributed by atoms with Gasteiger partial charge >= 0.3 is 6.08 Å². The number of anilines is 1. The zero-order chi connectivity index (χ0) is 21.6. The van der Waals surface area contributed by atoms with Gasteiger partial charge < -0.3 is 15.6 Å². The molecule has 29 heavy (non-hydrogen) atoms. The molecule has 3 N–H and O–H groups in total. The molecule has 3 aromatic rings. The predicted molar refractivity (Wildman–Crippen MR) is 119 cm³/mol. The van der Waals surface area contributed by atoms with Crippen LogP contribution in [0.5, 0.6) is 0 Å². The zero-order valence-corrected chi connectivity index (χ0v) is 19.0. The number of fused-ring (bicyclic) bond motifs is 1. The molecule has 0 amide bonds. The Bertz CT molecular complexity index is 940. The van der Waals surface area contributed by atoms with Gasteiger partial charge in [0.1, 0.15) is 0 Å². The lowest BCUT2D eigenvalue weighted by atomic mass is 10.2. The number of hydrogen-bond acceptors (Lipinski definition) is 6. The van der Waals surface area contributed by atoms with Gasteiger partial charge in [0, 0.05) is 22.5 Å². The predicted octanol–water partition coefficient (Wildman–Crippen LogP) is 5.07. The van der Waals surface area contributed by atoms with Crippen molar-refractivity contribution in [2.24, 2.45) is 0 Å². The van der Waals surface area contributed by atoms with Crippen LogP contribution in [0.3, 0.4) is 0 Å². The maximum atomic E-state index is 13.7. The molecule has 158 valence electrons. The van der Waals surface area contributed by atoms with Crippen LogP contribution in [-0.2, 0) is 6.54 Å². The van der Waals surface area contributed by atoms with Crippen molar-refractivity contribution in [1.29, 1.82) is 0 Å². The van der Waals surface area contributed by atoms with Gasteiger partial charge in [-0.1, -0.05) is 51.1 Å². The summed E-state index contributed by atoms with van der Waals surface area (Å²) in [6.45, 7) is 11.6. The Morgan fingerprint density at radius 1 is 1.21 bits per heavy atom. The van der Waals surface area contributed by atoms with Gasteiger partial charge in [-0.25, -0.2) is 4.98 Å². The highest BCUT2D eigenvalue weighted by Crippen LogP contribution is 2.33. The van der Waals surface area contributed by atoms with E-state index in [1.807, 2.05) is 43.5 Å². The number of nitrogens with zero attached hydrogens (tertiary/aromatic N) is 4. The van der Waals surface area contributed by atoms with Crippen LogP contribution in [0, 0.1) is 13.0 Å². The smallest absolute Gasteiger partial charge is 0.312 e. The van der Waals surface area contributed by atoms with Crippen molar-refractivity contribution in [3.8, 4) is 0 Å². The number of nitrogens with two attached hydrogens (primary N) is 1. The minimum absolute atomic E-state index is 0.0423. The highest BCUT2D eigenvalue weighted by molar-refractivity contribution is 7.99. The Labute approximate surface area is 180 Å². The molecule has 1 aromatic carbocycles. The van der Waals surface area contributed by atoms with Crippen molar-refractivity contribution in [2.75, 3.05) is 12.3 Å². The summed E-state index contributed by atoms with van der Waals surface area (Å²) in [4.78, 5) is 13.0. The van der Waals surface area contributed by atoms with Gasteiger partial charge in [-0.15, -0.1) is 0 Å². The van der Waals surface area contributed by atoms with E-state index in [2.05, 4.69) is 34.1 Å².